The van der Waals surface area contributed by atoms with Gasteiger partial charge in [0.1, 0.15) is 5.75 Å². The van der Waals surface area contributed by atoms with E-state index in [1.807, 2.05) is 24.3 Å². The van der Waals surface area contributed by atoms with Crippen molar-refractivity contribution in [2.45, 2.75) is 18.4 Å². The number of rotatable bonds is 3. The number of fused-ring (bicyclic) bond motifs is 5. The van der Waals surface area contributed by atoms with Crippen LogP contribution in [-0.2, 0) is 6.42 Å². The zero-order chi connectivity index (χ0) is 19.3. The highest BCUT2D eigenvalue weighted by molar-refractivity contribution is 5.89. The number of aromatic carboxylic acids is 1. The lowest BCUT2D eigenvalue weighted by Crippen LogP contribution is -2.30. The lowest BCUT2D eigenvalue weighted by Gasteiger charge is -2.38. The van der Waals surface area contributed by atoms with E-state index in [-0.39, 0.29) is 12.0 Å². The van der Waals surface area contributed by atoms with E-state index in [9.17, 15) is 9.90 Å². The third kappa shape index (κ3) is 2.56. The summed E-state index contributed by atoms with van der Waals surface area (Å²) in [6.07, 6.45) is 0.965. The maximum absolute atomic E-state index is 11.5. The van der Waals surface area contributed by atoms with Crippen molar-refractivity contribution < 1.29 is 14.6 Å². The molecule has 0 saturated carbocycles. The number of nitrogens with one attached hydrogen (secondary N) is 1. The molecule has 2 aliphatic rings. The molecule has 140 valence electrons. The Morgan fingerprint density at radius 1 is 1.04 bits per heavy atom. The maximum Gasteiger partial charge on any atom is 0.335 e. The minimum Gasteiger partial charge on any atom is -0.497 e. The van der Waals surface area contributed by atoms with Crippen LogP contribution < -0.4 is 10.1 Å². The minimum absolute atomic E-state index is 0.135. The third-order valence-corrected chi connectivity index (χ3v) is 6.10. The zero-order valence-corrected chi connectivity index (χ0v) is 15.6. The lowest BCUT2D eigenvalue weighted by atomic mass is 9.75. The van der Waals surface area contributed by atoms with Gasteiger partial charge in [-0.15, -0.1) is 0 Å². The molecular weight excluding hydrogens is 350 g/mol. The summed E-state index contributed by atoms with van der Waals surface area (Å²) in [5.74, 6) is 0.461. The van der Waals surface area contributed by atoms with Crippen LogP contribution in [-0.4, -0.2) is 18.2 Å². The number of hydrogen-bond donors (Lipinski definition) is 2. The monoisotopic (exact) mass is 371 g/mol. The molecule has 0 spiro atoms. The summed E-state index contributed by atoms with van der Waals surface area (Å²) in [6.45, 7) is 0. The molecule has 1 heterocycles. The normalized spacial score (nSPS) is 21.8. The Hall–Kier alpha value is -3.27. The Bertz CT molecular complexity index is 1070. The molecule has 0 amide bonds. The van der Waals surface area contributed by atoms with Gasteiger partial charge in [0, 0.05) is 11.6 Å². The predicted octanol–water partition coefficient (Wildman–Crippen LogP) is 4.86. The van der Waals surface area contributed by atoms with Crippen LogP contribution in [0.15, 0.2) is 66.7 Å². The second kappa shape index (κ2) is 6.41. The fraction of sp³-hybridized carbons (Fsp3) is 0.208. The number of carbonyl (C=O) groups is 1. The molecule has 4 nitrogen and oxygen atoms in total. The molecule has 0 unspecified atom stereocenters. The van der Waals surface area contributed by atoms with Gasteiger partial charge in [-0.05, 0) is 64.9 Å². The summed E-state index contributed by atoms with van der Waals surface area (Å²) < 4.78 is 5.44. The van der Waals surface area contributed by atoms with Crippen molar-refractivity contribution in [3.8, 4) is 5.75 Å². The van der Waals surface area contributed by atoms with E-state index >= 15 is 0 Å². The number of methoxy groups -OCH3 is 1. The first-order valence-corrected chi connectivity index (χ1v) is 9.51. The molecule has 4 heteroatoms. The van der Waals surface area contributed by atoms with Crippen molar-refractivity contribution in [1.29, 1.82) is 0 Å². The average Bonchev–Trinajstić information content (AvgIpc) is 3.12. The molecule has 3 aromatic rings. The standard InChI is InChI=1S/C24H21NO3/c1-28-17-7-4-6-15(11-17)23-20-12-14-5-2-3-8-18(14)22(20)19-13-16(24(26)27)9-10-21(19)25-23/h2-11,13,20,22-23,25H,12H2,1H3,(H,26,27)/t20-,22-,23-/m0/s1. The number of benzene rings is 3. The summed E-state index contributed by atoms with van der Waals surface area (Å²) in [4.78, 5) is 11.5. The van der Waals surface area contributed by atoms with E-state index < -0.39 is 5.97 Å². The first-order valence-electron chi connectivity index (χ1n) is 9.51. The Kier molecular flexibility index (Phi) is 3.86. The smallest absolute Gasteiger partial charge is 0.335 e. The van der Waals surface area contributed by atoms with Gasteiger partial charge in [0.2, 0.25) is 0 Å². The van der Waals surface area contributed by atoms with Crippen LogP contribution >= 0.6 is 0 Å². The summed E-state index contributed by atoms with van der Waals surface area (Å²) in [7, 11) is 1.68. The molecule has 1 aliphatic carbocycles. The fourth-order valence-electron chi connectivity index (χ4n) is 4.86. The molecule has 0 aromatic heterocycles. The van der Waals surface area contributed by atoms with Gasteiger partial charge in [-0.2, -0.15) is 0 Å². The van der Waals surface area contributed by atoms with Crippen LogP contribution in [0, 0.1) is 5.92 Å². The first kappa shape index (κ1) is 16.9. The van der Waals surface area contributed by atoms with E-state index in [4.69, 9.17) is 4.74 Å². The van der Waals surface area contributed by atoms with Crippen molar-refractivity contribution >= 4 is 11.7 Å². The highest BCUT2D eigenvalue weighted by Crippen LogP contribution is 2.54. The predicted molar refractivity (Wildman–Crippen MR) is 108 cm³/mol. The van der Waals surface area contributed by atoms with Gasteiger partial charge in [0.05, 0.1) is 18.7 Å². The van der Waals surface area contributed by atoms with E-state index in [1.54, 1.807) is 13.2 Å². The molecule has 2 N–H and O–H groups in total. The molecule has 0 radical (unpaired) electrons. The Labute approximate surface area is 163 Å². The molecule has 0 fully saturated rings. The number of ether oxygens (including phenoxy) is 1. The summed E-state index contributed by atoms with van der Waals surface area (Å²) in [5, 5.41) is 13.2. The number of carboxylic acid groups (broad SMARTS) is 1. The van der Waals surface area contributed by atoms with E-state index in [1.165, 1.54) is 16.7 Å². The fourth-order valence-corrected chi connectivity index (χ4v) is 4.86. The summed E-state index contributed by atoms with van der Waals surface area (Å²) in [6, 6.07) is 22.3. The van der Waals surface area contributed by atoms with Crippen molar-refractivity contribution in [2.75, 3.05) is 12.4 Å². The third-order valence-electron chi connectivity index (χ3n) is 6.10. The highest BCUT2D eigenvalue weighted by Gasteiger charge is 2.43. The quantitative estimate of drug-likeness (QED) is 0.690. The molecule has 0 saturated heterocycles. The zero-order valence-electron chi connectivity index (χ0n) is 15.6. The molecular formula is C24H21NO3. The molecule has 3 atom stereocenters. The van der Waals surface area contributed by atoms with E-state index in [2.05, 4.69) is 41.7 Å². The van der Waals surface area contributed by atoms with Crippen LogP contribution in [0.5, 0.6) is 5.75 Å². The summed E-state index contributed by atoms with van der Waals surface area (Å²) >= 11 is 0. The van der Waals surface area contributed by atoms with Crippen molar-refractivity contribution in [3.05, 3.63) is 94.5 Å². The first-order chi connectivity index (χ1) is 13.7. The van der Waals surface area contributed by atoms with Crippen LogP contribution in [0.2, 0.25) is 0 Å². The van der Waals surface area contributed by atoms with Crippen LogP contribution in [0.4, 0.5) is 5.69 Å². The number of hydrogen-bond acceptors (Lipinski definition) is 3. The van der Waals surface area contributed by atoms with Crippen LogP contribution in [0.1, 0.15) is 44.6 Å². The van der Waals surface area contributed by atoms with Gasteiger partial charge in [-0.3, -0.25) is 0 Å². The van der Waals surface area contributed by atoms with E-state index in [0.29, 0.717) is 11.5 Å². The summed E-state index contributed by atoms with van der Waals surface area (Å²) in [5.41, 5.74) is 6.27. The topological polar surface area (TPSA) is 58.6 Å². The largest absolute Gasteiger partial charge is 0.497 e. The Morgan fingerprint density at radius 2 is 1.89 bits per heavy atom. The van der Waals surface area contributed by atoms with E-state index in [0.717, 1.165) is 23.4 Å². The average molecular weight is 371 g/mol. The molecule has 3 aromatic carbocycles. The van der Waals surface area contributed by atoms with Gasteiger partial charge < -0.3 is 15.2 Å². The number of carboxylic acids is 1. The maximum atomic E-state index is 11.5. The van der Waals surface area contributed by atoms with Crippen LogP contribution in [0.25, 0.3) is 0 Å². The number of anilines is 1. The van der Waals surface area contributed by atoms with Gasteiger partial charge in [0.25, 0.3) is 0 Å². The second-order valence-electron chi connectivity index (χ2n) is 7.55. The molecule has 5 rings (SSSR count). The van der Waals surface area contributed by atoms with Gasteiger partial charge in [-0.1, -0.05) is 36.4 Å². The Balaban J connectivity index is 1.67. The second-order valence-corrected chi connectivity index (χ2v) is 7.55. The molecule has 0 bridgehead atoms. The van der Waals surface area contributed by atoms with Crippen LogP contribution in [0.3, 0.4) is 0 Å². The Morgan fingerprint density at radius 3 is 2.71 bits per heavy atom. The minimum atomic E-state index is -0.888. The van der Waals surface area contributed by atoms with Crippen molar-refractivity contribution in [2.24, 2.45) is 5.92 Å². The molecule has 28 heavy (non-hydrogen) atoms. The molecule has 1 aliphatic heterocycles. The van der Waals surface area contributed by atoms with Crippen molar-refractivity contribution in [3.63, 3.8) is 0 Å². The highest BCUT2D eigenvalue weighted by atomic mass is 16.5. The van der Waals surface area contributed by atoms with Gasteiger partial charge in [-0.25, -0.2) is 4.79 Å². The lowest BCUT2D eigenvalue weighted by molar-refractivity contribution is 0.0696. The van der Waals surface area contributed by atoms with Gasteiger partial charge in [0.15, 0.2) is 0 Å². The van der Waals surface area contributed by atoms with Gasteiger partial charge >= 0.3 is 5.97 Å². The SMILES string of the molecule is COc1cccc([C@@H]2Nc3ccc(C(=O)O)cc3[C@@H]3c4ccccc4C[C@@H]32)c1. The van der Waals surface area contributed by atoms with Crippen molar-refractivity contribution in [1.82, 2.24) is 0 Å².